The number of carbonyl (C=O) groups excluding carboxylic acids is 1. The number of aryl methyl sites for hydroxylation is 1. The van der Waals surface area contributed by atoms with E-state index in [4.69, 9.17) is 0 Å². The molecule has 2 heterocycles. The van der Waals surface area contributed by atoms with E-state index in [0.717, 1.165) is 36.8 Å². The Morgan fingerprint density at radius 3 is 2.89 bits per heavy atom. The van der Waals surface area contributed by atoms with E-state index in [0.29, 0.717) is 12.5 Å². The lowest BCUT2D eigenvalue weighted by Crippen LogP contribution is -2.44. The van der Waals surface area contributed by atoms with Crippen LogP contribution in [0.2, 0.25) is 0 Å². The molecule has 0 aliphatic carbocycles. The highest BCUT2D eigenvalue weighted by Gasteiger charge is 2.21. The summed E-state index contributed by atoms with van der Waals surface area (Å²) in [5, 5.41) is 5.39. The van der Waals surface area contributed by atoms with Crippen molar-refractivity contribution in [3.63, 3.8) is 0 Å². The fourth-order valence-electron chi connectivity index (χ4n) is 2.29. The first kappa shape index (κ1) is 14.0. The molecule has 0 bridgehead atoms. The average Bonchev–Trinajstić information content (AvgIpc) is 2.82. The molecule has 0 unspecified atom stereocenters. The predicted octanol–water partition coefficient (Wildman–Crippen LogP) is 2.65. The molecule has 1 fully saturated rings. The minimum Gasteiger partial charge on any atom is -0.343 e. The van der Waals surface area contributed by atoms with Crippen molar-refractivity contribution < 1.29 is 4.79 Å². The largest absolute Gasteiger partial charge is 0.343 e. The lowest BCUT2D eigenvalue weighted by Gasteiger charge is -2.31. The van der Waals surface area contributed by atoms with Gasteiger partial charge in [0.2, 0.25) is 5.91 Å². The number of halogens is 1. The summed E-state index contributed by atoms with van der Waals surface area (Å²) in [5.41, 5.74) is 0. The molecule has 1 amide bonds. The van der Waals surface area contributed by atoms with Crippen molar-refractivity contribution in [2.45, 2.75) is 31.7 Å². The van der Waals surface area contributed by atoms with E-state index in [1.165, 1.54) is 4.88 Å². The highest BCUT2D eigenvalue weighted by molar-refractivity contribution is 9.10. The molecule has 0 saturated carbocycles. The van der Waals surface area contributed by atoms with Gasteiger partial charge in [-0.05, 0) is 54.3 Å². The Labute approximate surface area is 121 Å². The Hall–Kier alpha value is -0.390. The number of nitrogens with one attached hydrogen (secondary N) is 1. The van der Waals surface area contributed by atoms with Gasteiger partial charge < -0.3 is 10.2 Å². The van der Waals surface area contributed by atoms with E-state index >= 15 is 0 Å². The van der Waals surface area contributed by atoms with Crippen LogP contribution in [0.1, 0.15) is 24.1 Å². The third kappa shape index (κ3) is 3.80. The number of nitrogens with zero attached hydrogens (tertiary/aromatic N) is 1. The van der Waals surface area contributed by atoms with Crippen molar-refractivity contribution in [3.05, 3.63) is 20.8 Å². The molecule has 1 aromatic heterocycles. The molecule has 0 atom stereocenters. The van der Waals surface area contributed by atoms with Crippen LogP contribution in [-0.4, -0.2) is 37.0 Å². The molecule has 100 valence electrons. The zero-order valence-corrected chi connectivity index (χ0v) is 13.0. The lowest BCUT2D eigenvalue weighted by atomic mass is 10.0. The second-order valence-corrected chi connectivity index (χ2v) is 6.63. The van der Waals surface area contributed by atoms with Gasteiger partial charge in [0.05, 0.1) is 0 Å². The first-order valence-electron chi connectivity index (χ1n) is 6.36. The summed E-state index contributed by atoms with van der Waals surface area (Å²) < 4.78 is 1.11. The van der Waals surface area contributed by atoms with E-state index in [1.807, 2.05) is 11.9 Å². The maximum absolute atomic E-state index is 12.1. The zero-order valence-electron chi connectivity index (χ0n) is 10.6. The van der Waals surface area contributed by atoms with E-state index in [2.05, 4.69) is 32.7 Å². The minimum atomic E-state index is 0.270. The standard InChI is InChI=1S/C13H19BrN2OS/c1-16(11-4-6-15-7-5-11)13(17)3-2-12-8-10(14)9-18-12/h8-9,11,15H,2-7H2,1H3. The van der Waals surface area contributed by atoms with Crippen molar-refractivity contribution in [3.8, 4) is 0 Å². The molecule has 18 heavy (non-hydrogen) atoms. The van der Waals surface area contributed by atoms with E-state index in [-0.39, 0.29) is 5.91 Å². The van der Waals surface area contributed by atoms with E-state index < -0.39 is 0 Å². The predicted molar refractivity (Wildman–Crippen MR) is 79.0 cm³/mol. The number of carbonyl (C=O) groups is 1. The summed E-state index contributed by atoms with van der Waals surface area (Å²) in [6.07, 6.45) is 3.62. The van der Waals surface area contributed by atoms with Crippen molar-refractivity contribution >= 4 is 33.2 Å². The first-order chi connectivity index (χ1) is 8.66. The summed E-state index contributed by atoms with van der Waals surface area (Å²) in [5.74, 6) is 0.270. The Morgan fingerprint density at radius 2 is 2.28 bits per heavy atom. The Kier molecular flexibility index (Phi) is 5.21. The van der Waals surface area contributed by atoms with Gasteiger partial charge in [0.1, 0.15) is 0 Å². The molecule has 1 aliphatic rings. The van der Waals surface area contributed by atoms with Crippen LogP contribution in [0.3, 0.4) is 0 Å². The maximum atomic E-state index is 12.1. The molecule has 0 radical (unpaired) electrons. The lowest BCUT2D eigenvalue weighted by molar-refractivity contribution is -0.132. The number of hydrogen-bond acceptors (Lipinski definition) is 3. The van der Waals surface area contributed by atoms with Crippen LogP contribution in [0.15, 0.2) is 15.9 Å². The molecular formula is C13H19BrN2OS. The average molecular weight is 331 g/mol. The van der Waals surface area contributed by atoms with Crippen LogP contribution in [0, 0.1) is 0 Å². The van der Waals surface area contributed by atoms with Gasteiger partial charge in [0.25, 0.3) is 0 Å². The highest BCUT2D eigenvalue weighted by Crippen LogP contribution is 2.21. The van der Waals surface area contributed by atoms with Crippen LogP contribution < -0.4 is 5.32 Å². The third-order valence-corrected chi connectivity index (χ3v) is 5.21. The smallest absolute Gasteiger partial charge is 0.222 e. The topological polar surface area (TPSA) is 32.3 Å². The summed E-state index contributed by atoms with van der Waals surface area (Å²) >= 11 is 5.15. The Bertz CT molecular complexity index is 401. The van der Waals surface area contributed by atoms with Gasteiger partial charge >= 0.3 is 0 Å². The van der Waals surface area contributed by atoms with Gasteiger partial charge in [0, 0.05) is 34.2 Å². The number of piperidine rings is 1. The monoisotopic (exact) mass is 330 g/mol. The van der Waals surface area contributed by atoms with Crippen molar-refractivity contribution in [2.24, 2.45) is 0 Å². The number of hydrogen-bond donors (Lipinski definition) is 1. The Morgan fingerprint density at radius 1 is 1.56 bits per heavy atom. The molecule has 1 aromatic rings. The number of rotatable bonds is 4. The maximum Gasteiger partial charge on any atom is 0.222 e. The van der Waals surface area contributed by atoms with Crippen molar-refractivity contribution in [2.75, 3.05) is 20.1 Å². The van der Waals surface area contributed by atoms with Crippen molar-refractivity contribution in [1.29, 1.82) is 0 Å². The summed E-state index contributed by atoms with van der Waals surface area (Å²) in [7, 11) is 1.95. The van der Waals surface area contributed by atoms with Crippen LogP contribution in [0.5, 0.6) is 0 Å². The Balaban J connectivity index is 1.79. The van der Waals surface area contributed by atoms with E-state index in [9.17, 15) is 4.79 Å². The fraction of sp³-hybridized carbons (Fsp3) is 0.615. The van der Waals surface area contributed by atoms with Crippen LogP contribution in [0.25, 0.3) is 0 Å². The molecule has 0 spiro atoms. The molecule has 3 nitrogen and oxygen atoms in total. The molecule has 1 aliphatic heterocycles. The minimum absolute atomic E-state index is 0.270. The zero-order chi connectivity index (χ0) is 13.0. The third-order valence-electron chi connectivity index (χ3n) is 3.46. The number of thiophene rings is 1. The normalized spacial score (nSPS) is 16.8. The van der Waals surface area contributed by atoms with E-state index in [1.54, 1.807) is 11.3 Å². The van der Waals surface area contributed by atoms with Gasteiger partial charge in [0.15, 0.2) is 0 Å². The summed E-state index contributed by atoms with van der Waals surface area (Å²) in [6, 6.07) is 2.52. The van der Waals surface area contributed by atoms with Crippen LogP contribution >= 0.6 is 27.3 Å². The molecule has 0 aromatic carbocycles. The van der Waals surface area contributed by atoms with Gasteiger partial charge in [-0.15, -0.1) is 11.3 Å². The molecule has 1 N–H and O–H groups in total. The summed E-state index contributed by atoms with van der Waals surface area (Å²) in [6.45, 7) is 2.06. The highest BCUT2D eigenvalue weighted by atomic mass is 79.9. The van der Waals surface area contributed by atoms with Gasteiger partial charge in [-0.1, -0.05) is 0 Å². The van der Waals surface area contributed by atoms with Gasteiger partial charge in [-0.2, -0.15) is 0 Å². The summed E-state index contributed by atoms with van der Waals surface area (Å²) in [4.78, 5) is 15.3. The molecule has 1 saturated heterocycles. The van der Waals surface area contributed by atoms with Gasteiger partial charge in [-0.25, -0.2) is 0 Å². The van der Waals surface area contributed by atoms with Crippen molar-refractivity contribution in [1.82, 2.24) is 10.2 Å². The van der Waals surface area contributed by atoms with Crippen LogP contribution in [-0.2, 0) is 11.2 Å². The fourth-order valence-corrected chi connectivity index (χ4v) is 3.74. The van der Waals surface area contributed by atoms with Crippen LogP contribution in [0.4, 0.5) is 0 Å². The first-order valence-corrected chi connectivity index (χ1v) is 8.03. The SMILES string of the molecule is CN(C(=O)CCc1cc(Br)cs1)C1CCNCC1. The quantitative estimate of drug-likeness (QED) is 0.920. The molecule has 5 heteroatoms. The molecular weight excluding hydrogens is 312 g/mol. The van der Waals surface area contributed by atoms with Gasteiger partial charge in [-0.3, -0.25) is 4.79 Å². The second kappa shape index (κ2) is 6.68. The second-order valence-electron chi connectivity index (χ2n) is 4.72. The number of amides is 1. The molecule has 2 rings (SSSR count).